The van der Waals surface area contributed by atoms with E-state index in [2.05, 4.69) is 9.73 Å². The highest BCUT2D eigenvalue weighted by Crippen LogP contribution is 2.25. The molecule has 0 spiro atoms. The van der Waals surface area contributed by atoms with Gasteiger partial charge in [0.05, 0.1) is 24.2 Å². The zero-order chi connectivity index (χ0) is 15.9. The van der Waals surface area contributed by atoms with Crippen LogP contribution in [-0.2, 0) is 4.74 Å². The summed E-state index contributed by atoms with van der Waals surface area (Å²) in [5.41, 5.74) is 6.71. The van der Waals surface area contributed by atoms with E-state index < -0.39 is 0 Å². The molecule has 0 aliphatic heterocycles. The van der Waals surface area contributed by atoms with E-state index in [9.17, 15) is 4.79 Å². The van der Waals surface area contributed by atoms with E-state index in [1.807, 2.05) is 0 Å². The van der Waals surface area contributed by atoms with Crippen LogP contribution in [0.1, 0.15) is 10.4 Å². The van der Waals surface area contributed by atoms with Crippen LogP contribution < -0.4 is 10.5 Å². The van der Waals surface area contributed by atoms with Gasteiger partial charge < -0.3 is 15.2 Å². The fourth-order valence-electron chi connectivity index (χ4n) is 1.73. The number of nitrogens with two attached hydrogens (primary N) is 1. The van der Waals surface area contributed by atoms with Crippen LogP contribution in [0.2, 0.25) is 0 Å². The standard InChI is InChI=1S/C16H15ClN2O3/c1-21-16(20)11-5-7-13(8-6-11)22-14-4-2-3-12(9-14)19-15(18)10-17/h2-9H,10H2,1H3,(H2,18,19). The highest BCUT2D eigenvalue weighted by molar-refractivity contribution is 6.28. The molecule has 2 N–H and O–H groups in total. The van der Waals surface area contributed by atoms with Crippen molar-refractivity contribution in [2.45, 2.75) is 0 Å². The summed E-state index contributed by atoms with van der Waals surface area (Å²) in [6, 6.07) is 13.8. The van der Waals surface area contributed by atoms with E-state index in [-0.39, 0.29) is 11.8 Å². The van der Waals surface area contributed by atoms with Crippen LogP contribution in [-0.4, -0.2) is 24.8 Å². The molecular formula is C16H15ClN2O3. The number of alkyl halides is 1. The van der Waals surface area contributed by atoms with Crippen LogP contribution in [0.5, 0.6) is 11.5 Å². The van der Waals surface area contributed by atoms with Gasteiger partial charge in [0.2, 0.25) is 0 Å². The Kier molecular flexibility index (Phi) is 5.38. The predicted octanol–water partition coefficient (Wildman–Crippen LogP) is 3.49. The van der Waals surface area contributed by atoms with Crippen molar-refractivity contribution in [3.05, 3.63) is 54.1 Å². The average molecular weight is 319 g/mol. The van der Waals surface area contributed by atoms with Crippen molar-refractivity contribution in [1.82, 2.24) is 0 Å². The highest BCUT2D eigenvalue weighted by atomic mass is 35.5. The van der Waals surface area contributed by atoms with Crippen LogP contribution >= 0.6 is 11.6 Å². The van der Waals surface area contributed by atoms with E-state index in [1.165, 1.54) is 7.11 Å². The first-order valence-electron chi connectivity index (χ1n) is 6.47. The molecule has 5 nitrogen and oxygen atoms in total. The number of rotatable bonds is 5. The zero-order valence-corrected chi connectivity index (χ0v) is 12.7. The van der Waals surface area contributed by atoms with Crippen LogP contribution in [0.3, 0.4) is 0 Å². The molecule has 0 atom stereocenters. The quantitative estimate of drug-likeness (QED) is 0.396. The maximum Gasteiger partial charge on any atom is 0.337 e. The summed E-state index contributed by atoms with van der Waals surface area (Å²) in [6.45, 7) is 0. The number of methoxy groups -OCH3 is 1. The van der Waals surface area contributed by atoms with Crippen molar-refractivity contribution in [3.63, 3.8) is 0 Å². The summed E-state index contributed by atoms with van der Waals surface area (Å²) >= 11 is 5.60. The molecule has 0 aromatic heterocycles. The van der Waals surface area contributed by atoms with E-state index in [1.54, 1.807) is 48.5 Å². The molecule has 0 bridgehead atoms. The lowest BCUT2D eigenvalue weighted by Gasteiger charge is -2.07. The third-order valence-corrected chi connectivity index (χ3v) is 3.01. The Morgan fingerprint density at radius 3 is 2.55 bits per heavy atom. The minimum atomic E-state index is -0.389. The maximum absolute atomic E-state index is 11.4. The Balaban J connectivity index is 2.14. The molecule has 0 saturated carbocycles. The van der Waals surface area contributed by atoms with Gasteiger partial charge in [0.15, 0.2) is 0 Å². The SMILES string of the molecule is COC(=O)c1ccc(Oc2cccc(N=C(N)CCl)c2)cc1. The van der Waals surface area contributed by atoms with E-state index >= 15 is 0 Å². The highest BCUT2D eigenvalue weighted by Gasteiger charge is 2.05. The van der Waals surface area contributed by atoms with Crippen LogP contribution in [0.4, 0.5) is 5.69 Å². The molecule has 6 heteroatoms. The molecular weight excluding hydrogens is 304 g/mol. The Labute approximate surface area is 133 Å². The number of amidine groups is 1. The Bertz CT molecular complexity index is 684. The smallest absolute Gasteiger partial charge is 0.337 e. The van der Waals surface area contributed by atoms with Crippen molar-refractivity contribution >= 4 is 29.1 Å². The van der Waals surface area contributed by atoms with Gasteiger partial charge in [0.1, 0.15) is 17.3 Å². The molecule has 2 aromatic carbocycles. The first-order chi connectivity index (χ1) is 10.6. The molecule has 22 heavy (non-hydrogen) atoms. The molecule has 0 heterocycles. The summed E-state index contributed by atoms with van der Waals surface area (Å²) < 4.78 is 10.3. The largest absolute Gasteiger partial charge is 0.465 e. The molecule has 2 rings (SSSR count). The minimum absolute atomic E-state index is 0.167. The van der Waals surface area contributed by atoms with Gasteiger partial charge >= 0.3 is 5.97 Å². The zero-order valence-electron chi connectivity index (χ0n) is 12.0. The van der Waals surface area contributed by atoms with Gasteiger partial charge in [-0.25, -0.2) is 9.79 Å². The van der Waals surface area contributed by atoms with Gasteiger partial charge in [-0.2, -0.15) is 0 Å². The molecule has 0 fully saturated rings. The van der Waals surface area contributed by atoms with Crippen molar-refractivity contribution in [2.75, 3.05) is 13.0 Å². The number of hydrogen-bond acceptors (Lipinski definition) is 4. The van der Waals surface area contributed by atoms with Gasteiger partial charge in [-0.15, -0.1) is 11.6 Å². The second-order valence-corrected chi connectivity index (χ2v) is 4.62. The van der Waals surface area contributed by atoms with Gasteiger partial charge in [0.25, 0.3) is 0 Å². The fraction of sp³-hybridized carbons (Fsp3) is 0.125. The van der Waals surface area contributed by atoms with Gasteiger partial charge in [-0.3, -0.25) is 0 Å². The molecule has 0 unspecified atom stereocenters. The summed E-state index contributed by atoms with van der Waals surface area (Å²) in [6.07, 6.45) is 0. The summed E-state index contributed by atoms with van der Waals surface area (Å²) in [5.74, 6) is 1.31. The van der Waals surface area contributed by atoms with E-state index in [4.69, 9.17) is 22.1 Å². The van der Waals surface area contributed by atoms with Crippen molar-refractivity contribution < 1.29 is 14.3 Å². The number of ether oxygens (including phenoxy) is 2. The third kappa shape index (κ3) is 4.23. The van der Waals surface area contributed by atoms with Crippen molar-refractivity contribution in [2.24, 2.45) is 10.7 Å². The normalized spacial score (nSPS) is 11.1. The Morgan fingerprint density at radius 1 is 1.18 bits per heavy atom. The molecule has 114 valence electrons. The lowest BCUT2D eigenvalue weighted by molar-refractivity contribution is 0.0600. The first-order valence-corrected chi connectivity index (χ1v) is 7.01. The maximum atomic E-state index is 11.4. The lowest BCUT2D eigenvalue weighted by atomic mass is 10.2. The number of hydrogen-bond donors (Lipinski definition) is 1. The fourth-order valence-corrected chi connectivity index (χ4v) is 1.79. The predicted molar refractivity (Wildman–Crippen MR) is 86.3 cm³/mol. The number of carbonyl (C=O) groups excluding carboxylic acids is 1. The van der Waals surface area contributed by atoms with E-state index in [0.29, 0.717) is 28.6 Å². The van der Waals surface area contributed by atoms with Crippen molar-refractivity contribution in [1.29, 1.82) is 0 Å². The topological polar surface area (TPSA) is 73.9 Å². The lowest BCUT2D eigenvalue weighted by Crippen LogP contribution is -2.12. The van der Waals surface area contributed by atoms with Gasteiger partial charge in [-0.05, 0) is 36.4 Å². The summed E-state index contributed by atoms with van der Waals surface area (Å²) in [4.78, 5) is 15.5. The molecule has 0 aliphatic carbocycles. The molecule has 0 aliphatic rings. The van der Waals surface area contributed by atoms with Crippen LogP contribution in [0.15, 0.2) is 53.5 Å². The number of aliphatic imine (C=N–C) groups is 1. The van der Waals surface area contributed by atoms with Gasteiger partial charge in [0, 0.05) is 6.07 Å². The number of carbonyl (C=O) groups is 1. The first kappa shape index (κ1) is 15.9. The number of benzene rings is 2. The van der Waals surface area contributed by atoms with Crippen molar-refractivity contribution in [3.8, 4) is 11.5 Å². The number of halogens is 1. The summed E-state index contributed by atoms with van der Waals surface area (Å²) in [7, 11) is 1.34. The number of nitrogens with zero attached hydrogens (tertiary/aromatic N) is 1. The second-order valence-electron chi connectivity index (χ2n) is 4.35. The molecule has 0 saturated heterocycles. The third-order valence-electron chi connectivity index (χ3n) is 2.74. The van der Waals surface area contributed by atoms with Crippen LogP contribution in [0, 0.1) is 0 Å². The molecule has 0 amide bonds. The van der Waals surface area contributed by atoms with E-state index in [0.717, 1.165) is 0 Å². The second kappa shape index (κ2) is 7.47. The average Bonchev–Trinajstić information content (AvgIpc) is 2.55. The summed E-state index contributed by atoms with van der Waals surface area (Å²) in [5, 5.41) is 0. The minimum Gasteiger partial charge on any atom is -0.465 e. The Morgan fingerprint density at radius 2 is 1.91 bits per heavy atom. The van der Waals surface area contributed by atoms with Gasteiger partial charge in [-0.1, -0.05) is 6.07 Å². The number of esters is 1. The molecule has 2 aromatic rings. The monoisotopic (exact) mass is 318 g/mol. The van der Waals surface area contributed by atoms with Crippen LogP contribution in [0.25, 0.3) is 0 Å². The Hall–Kier alpha value is -2.53. The molecule has 0 radical (unpaired) electrons.